The lowest BCUT2D eigenvalue weighted by atomic mass is 10.1. The first-order valence-corrected chi connectivity index (χ1v) is 7.56. The van der Waals surface area contributed by atoms with E-state index in [1.807, 2.05) is 6.92 Å². The van der Waals surface area contributed by atoms with Crippen LogP contribution < -0.4 is 10.5 Å². The van der Waals surface area contributed by atoms with E-state index in [0.29, 0.717) is 10.7 Å². The van der Waals surface area contributed by atoms with Crippen LogP contribution in [0, 0.1) is 13.8 Å². The summed E-state index contributed by atoms with van der Waals surface area (Å²) in [6.45, 7) is 3.58. The Morgan fingerprint density at radius 1 is 1.33 bits per heavy atom. The lowest BCUT2D eigenvalue weighted by Crippen LogP contribution is -2.16. The molecule has 96 valence electrons. The molecule has 1 aromatic heterocycles. The van der Waals surface area contributed by atoms with E-state index < -0.39 is 10.0 Å². The fourth-order valence-electron chi connectivity index (χ4n) is 1.61. The number of benzene rings is 1. The predicted octanol–water partition coefficient (Wildman–Crippen LogP) is 2.14. The third kappa shape index (κ3) is 2.32. The monoisotopic (exact) mass is 283 g/mol. The molecule has 1 aromatic carbocycles. The van der Waals surface area contributed by atoms with Crippen LogP contribution in [0.3, 0.4) is 0 Å². The Hall–Kier alpha value is -1.60. The van der Waals surface area contributed by atoms with Gasteiger partial charge in [-0.25, -0.2) is 13.4 Å². The highest BCUT2D eigenvalue weighted by Gasteiger charge is 2.22. The molecule has 0 aliphatic rings. The van der Waals surface area contributed by atoms with E-state index in [0.717, 1.165) is 5.56 Å². The van der Waals surface area contributed by atoms with Crippen molar-refractivity contribution in [1.29, 1.82) is 0 Å². The minimum absolute atomic E-state index is 0.123. The number of anilines is 2. The number of hydrogen-bond donors (Lipinski definition) is 2. The number of nitrogen functional groups attached to an aromatic ring is 1. The van der Waals surface area contributed by atoms with E-state index in [-0.39, 0.29) is 10.6 Å². The largest absolute Gasteiger partial charge is 0.398 e. The molecule has 1 heterocycles. The van der Waals surface area contributed by atoms with Gasteiger partial charge < -0.3 is 5.73 Å². The standard InChI is InChI=1S/C11H13N3O2S2/c1-7-3-4-9(12)10(8(7)2)18(15,16)14-11-13-5-6-17-11/h3-6H,12H2,1-2H3,(H,13,14). The molecule has 3 N–H and O–H groups in total. The maximum absolute atomic E-state index is 12.3. The number of nitrogens with two attached hydrogens (primary N) is 1. The molecular formula is C11H13N3O2S2. The fourth-order valence-corrected chi connectivity index (χ4v) is 3.83. The summed E-state index contributed by atoms with van der Waals surface area (Å²) in [5, 5.41) is 2.03. The van der Waals surface area contributed by atoms with Gasteiger partial charge in [-0.05, 0) is 31.0 Å². The molecule has 0 bridgehead atoms. The quantitative estimate of drug-likeness (QED) is 0.845. The third-order valence-corrected chi connectivity index (χ3v) is 4.99. The zero-order valence-electron chi connectivity index (χ0n) is 9.97. The van der Waals surface area contributed by atoms with E-state index in [1.165, 1.54) is 17.5 Å². The summed E-state index contributed by atoms with van der Waals surface area (Å²) in [6, 6.07) is 3.39. The molecule has 5 nitrogen and oxygen atoms in total. The van der Waals surface area contributed by atoms with Crippen molar-refractivity contribution in [2.24, 2.45) is 0 Å². The van der Waals surface area contributed by atoms with Gasteiger partial charge in [0.2, 0.25) is 0 Å². The minimum Gasteiger partial charge on any atom is -0.398 e. The van der Waals surface area contributed by atoms with Gasteiger partial charge >= 0.3 is 0 Å². The van der Waals surface area contributed by atoms with Crippen molar-refractivity contribution in [1.82, 2.24) is 4.98 Å². The number of nitrogens with zero attached hydrogens (tertiary/aromatic N) is 1. The number of sulfonamides is 1. The summed E-state index contributed by atoms with van der Waals surface area (Å²) >= 11 is 1.22. The van der Waals surface area contributed by atoms with Crippen LogP contribution in [0.5, 0.6) is 0 Å². The highest BCUT2D eigenvalue weighted by Crippen LogP contribution is 2.27. The number of hydrogen-bond acceptors (Lipinski definition) is 5. The Kier molecular flexibility index (Phi) is 3.27. The normalized spacial score (nSPS) is 11.4. The summed E-state index contributed by atoms with van der Waals surface area (Å²) in [5.74, 6) is 0. The maximum atomic E-state index is 12.3. The zero-order valence-corrected chi connectivity index (χ0v) is 11.6. The van der Waals surface area contributed by atoms with Crippen LogP contribution in [0.15, 0.2) is 28.6 Å². The topological polar surface area (TPSA) is 85.1 Å². The molecule has 0 saturated carbocycles. The van der Waals surface area contributed by atoms with Gasteiger partial charge in [0, 0.05) is 11.6 Å². The predicted molar refractivity (Wildman–Crippen MR) is 73.3 cm³/mol. The van der Waals surface area contributed by atoms with Crippen molar-refractivity contribution >= 4 is 32.2 Å². The Labute approximate surface area is 110 Å². The van der Waals surface area contributed by atoms with E-state index in [1.54, 1.807) is 24.4 Å². The van der Waals surface area contributed by atoms with Crippen molar-refractivity contribution in [3.05, 3.63) is 34.8 Å². The van der Waals surface area contributed by atoms with Crippen molar-refractivity contribution in [2.75, 3.05) is 10.5 Å². The van der Waals surface area contributed by atoms with Crippen LogP contribution >= 0.6 is 11.3 Å². The molecule has 0 unspecified atom stereocenters. The fraction of sp³-hybridized carbons (Fsp3) is 0.182. The molecule has 0 radical (unpaired) electrons. The van der Waals surface area contributed by atoms with Crippen molar-refractivity contribution in [2.45, 2.75) is 18.7 Å². The van der Waals surface area contributed by atoms with Crippen LogP contribution in [-0.2, 0) is 10.0 Å². The van der Waals surface area contributed by atoms with E-state index in [9.17, 15) is 8.42 Å². The second-order valence-corrected chi connectivity index (χ2v) is 6.38. The first-order chi connectivity index (χ1) is 8.42. The number of rotatable bonds is 3. The summed E-state index contributed by atoms with van der Waals surface area (Å²) in [7, 11) is -3.69. The van der Waals surface area contributed by atoms with Gasteiger partial charge in [-0.15, -0.1) is 11.3 Å². The minimum atomic E-state index is -3.69. The van der Waals surface area contributed by atoms with Gasteiger partial charge in [-0.1, -0.05) is 6.07 Å². The zero-order chi connectivity index (χ0) is 13.3. The van der Waals surface area contributed by atoms with Crippen LogP contribution in [0.1, 0.15) is 11.1 Å². The lowest BCUT2D eigenvalue weighted by molar-refractivity contribution is 0.601. The molecule has 0 aliphatic carbocycles. The number of aryl methyl sites for hydroxylation is 1. The number of nitrogens with one attached hydrogen (secondary N) is 1. The van der Waals surface area contributed by atoms with Crippen molar-refractivity contribution in [3.8, 4) is 0 Å². The molecule has 7 heteroatoms. The highest BCUT2D eigenvalue weighted by molar-refractivity contribution is 7.93. The Bertz CT molecular complexity index is 664. The van der Waals surface area contributed by atoms with E-state index in [2.05, 4.69) is 9.71 Å². The molecule has 0 aliphatic heterocycles. The molecule has 0 amide bonds. The highest BCUT2D eigenvalue weighted by atomic mass is 32.2. The van der Waals surface area contributed by atoms with E-state index >= 15 is 0 Å². The molecular weight excluding hydrogens is 270 g/mol. The van der Waals surface area contributed by atoms with Crippen LogP contribution in [0.2, 0.25) is 0 Å². The Morgan fingerprint density at radius 3 is 2.67 bits per heavy atom. The molecule has 0 fully saturated rings. The number of aromatic nitrogens is 1. The summed E-state index contributed by atoms with van der Waals surface area (Å²) in [6.07, 6.45) is 1.54. The second-order valence-electron chi connectivity index (χ2n) is 3.87. The average molecular weight is 283 g/mol. The first kappa shape index (κ1) is 12.8. The molecule has 2 rings (SSSR count). The summed E-state index contributed by atoms with van der Waals surface area (Å²) in [4.78, 5) is 4.02. The molecule has 0 saturated heterocycles. The van der Waals surface area contributed by atoms with E-state index in [4.69, 9.17) is 5.73 Å². The molecule has 0 spiro atoms. The van der Waals surface area contributed by atoms with Gasteiger partial charge in [-0.3, -0.25) is 4.72 Å². The van der Waals surface area contributed by atoms with Crippen molar-refractivity contribution in [3.63, 3.8) is 0 Å². The smallest absolute Gasteiger partial charge is 0.265 e. The molecule has 2 aromatic rings. The van der Waals surface area contributed by atoms with Gasteiger partial charge in [0.15, 0.2) is 5.13 Å². The summed E-state index contributed by atoms with van der Waals surface area (Å²) in [5.41, 5.74) is 7.54. The second kappa shape index (κ2) is 4.58. The molecule has 0 atom stereocenters. The van der Waals surface area contributed by atoms with Crippen LogP contribution in [0.25, 0.3) is 0 Å². The SMILES string of the molecule is Cc1ccc(N)c(S(=O)(=O)Nc2nccs2)c1C. The van der Waals surface area contributed by atoms with Gasteiger partial charge in [0.05, 0.1) is 5.69 Å². The average Bonchev–Trinajstić information content (AvgIpc) is 2.75. The van der Waals surface area contributed by atoms with Crippen LogP contribution in [-0.4, -0.2) is 13.4 Å². The third-order valence-electron chi connectivity index (χ3n) is 2.63. The Balaban J connectivity index is 2.51. The van der Waals surface area contributed by atoms with Crippen molar-refractivity contribution < 1.29 is 8.42 Å². The summed E-state index contributed by atoms with van der Waals surface area (Å²) < 4.78 is 27.0. The number of thiazole rings is 1. The van der Waals surface area contributed by atoms with Crippen LogP contribution in [0.4, 0.5) is 10.8 Å². The first-order valence-electron chi connectivity index (χ1n) is 5.20. The van der Waals surface area contributed by atoms with Gasteiger partial charge in [0.25, 0.3) is 10.0 Å². The lowest BCUT2D eigenvalue weighted by Gasteiger charge is -2.12. The maximum Gasteiger partial charge on any atom is 0.265 e. The van der Waals surface area contributed by atoms with Gasteiger partial charge in [-0.2, -0.15) is 0 Å². The Morgan fingerprint density at radius 2 is 2.06 bits per heavy atom. The molecule has 18 heavy (non-hydrogen) atoms. The van der Waals surface area contributed by atoms with Gasteiger partial charge in [0.1, 0.15) is 4.90 Å².